The number of allylic oxidation sites excluding steroid dienone is 26. The van der Waals surface area contributed by atoms with Crippen LogP contribution in [0.4, 0.5) is 0 Å². The summed E-state index contributed by atoms with van der Waals surface area (Å²) in [5, 5.41) is 11.8. The number of carboxylic acids is 1. The molecule has 0 heterocycles. The van der Waals surface area contributed by atoms with Crippen LogP contribution in [-0.2, 0) is 33.3 Å². The van der Waals surface area contributed by atoms with Crippen LogP contribution in [0.1, 0.15) is 271 Å². The zero-order valence-electron chi connectivity index (χ0n) is 57.5. The van der Waals surface area contributed by atoms with Gasteiger partial charge in [0.15, 0.2) is 12.4 Å². The smallest absolute Gasteiger partial charge is 0.306 e. The van der Waals surface area contributed by atoms with Crippen molar-refractivity contribution in [2.45, 2.75) is 283 Å². The maximum absolute atomic E-state index is 12.9. The second kappa shape index (κ2) is 68.8. The number of esters is 2. The van der Waals surface area contributed by atoms with E-state index in [1.165, 1.54) is 109 Å². The molecule has 2 atom stereocenters. The van der Waals surface area contributed by atoms with E-state index >= 15 is 0 Å². The molecule has 0 aromatic rings. The molecule has 0 bridgehead atoms. The van der Waals surface area contributed by atoms with Gasteiger partial charge in [0.2, 0.25) is 0 Å². The molecule has 0 rings (SSSR count). The van der Waals surface area contributed by atoms with Gasteiger partial charge < -0.3 is 33.3 Å². The molecule has 0 N–H and O–H groups in total. The van der Waals surface area contributed by atoms with Crippen molar-refractivity contribution in [3.05, 3.63) is 158 Å². The van der Waals surface area contributed by atoms with Crippen molar-refractivity contribution in [1.82, 2.24) is 0 Å². The van der Waals surface area contributed by atoms with Gasteiger partial charge in [-0.3, -0.25) is 9.59 Å². The molecule has 0 radical (unpaired) electrons. The number of hydrogen-bond acceptors (Lipinski definition) is 8. The van der Waals surface area contributed by atoms with Crippen LogP contribution in [0.15, 0.2) is 158 Å². The minimum Gasteiger partial charge on any atom is -0.545 e. The first-order chi connectivity index (χ1) is 43.6. The largest absolute Gasteiger partial charge is 0.545 e. The summed E-state index contributed by atoms with van der Waals surface area (Å²) in [7, 11) is 5.92. The number of quaternary nitrogens is 1. The number of carbonyl (C=O) groups excluding carboxylic acids is 3. The fraction of sp³-hybridized carbons (Fsp3) is 0.637. The average molecular weight is 1230 g/mol. The Morgan fingerprint density at radius 2 is 0.607 bits per heavy atom. The van der Waals surface area contributed by atoms with Gasteiger partial charge in [0, 0.05) is 12.8 Å². The molecule has 0 amide bonds. The maximum Gasteiger partial charge on any atom is 0.306 e. The summed E-state index contributed by atoms with van der Waals surface area (Å²) < 4.78 is 22.8. The number of carboxylic acid groups (broad SMARTS) is 1. The monoisotopic (exact) mass is 1230 g/mol. The van der Waals surface area contributed by atoms with Gasteiger partial charge in [0.05, 0.1) is 40.3 Å². The molecule has 0 aliphatic carbocycles. The number of hydrogen-bond donors (Lipinski definition) is 0. The molecule has 0 aliphatic heterocycles. The van der Waals surface area contributed by atoms with Crippen LogP contribution >= 0.6 is 0 Å². The Balaban J connectivity index is 4.17. The van der Waals surface area contributed by atoms with Gasteiger partial charge in [-0.05, 0) is 122 Å². The number of rotatable bonds is 64. The molecule has 2 unspecified atom stereocenters. The number of carbonyl (C=O) groups is 3. The van der Waals surface area contributed by atoms with Crippen LogP contribution in [-0.4, -0.2) is 82.3 Å². The number of unbranched alkanes of at least 4 members (excludes halogenated alkanes) is 23. The number of nitrogens with zero attached hydrogens (tertiary/aromatic N) is 1. The normalized spacial score (nSPS) is 13.7. The van der Waals surface area contributed by atoms with Gasteiger partial charge in [0.1, 0.15) is 13.2 Å². The van der Waals surface area contributed by atoms with Crippen LogP contribution in [0.2, 0.25) is 0 Å². The first-order valence-corrected chi connectivity index (χ1v) is 35.6. The van der Waals surface area contributed by atoms with Crippen molar-refractivity contribution in [2.24, 2.45) is 0 Å². The molecular weight excluding hydrogens is 1100 g/mol. The van der Waals surface area contributed by atoms with E-state index in [4.69, 9.17) is 18.9 Å². The first-order valence-electron chi connectivity index (χ1n) is 35.6. The minimum absolute atomic E-state index is 0.140. The molecule has 0 spiro atoms. The standard InChI is InChI=1S/C80H131NO8/c1-6-8-10-12-14-16-18-20-22-24-26-28-30-32-34-36-38-39-41-43-45-47-49-51-53-55-57-59-61-63-65-67-69-71-78(83)89-76(75-88-80(79(84)85)86-73-72-81(3,4)5)74-87-77(82)70-68-66-64-62-60-58-56-54-52-50-48-46-44-42-40-37-35-33-31-29-27-25-23-21-19-17-15-13-11-9-7-2/h8-11,14-17,20-23,26-29,32-35,38-40,42-43,45,76,80H,6-7,12-13,18-19,24-25,30-31,36-37,41,44,46-75H2,1-5H3/b10-8-,11-9-,16-14-,17-15-,22-20-,23-21-,28-26-,29-27-,34-32-,35-33-,39-38-,42-40-,45-43-. The Hall–Kier alpha value is -5.09. The van der Waals surface area contributed by atoms with Crippen LogP contribution in [0.5, 0.6) is 0 Å². The van der Waals surface area contributed by atoms with E-state index in [9.17, 15) is 19.5 Å². The average Bonchev–Trinajstić information content (AvgIpc) is 3.64. The molecule has 0 fully saturated rings. The van der Waals surface area contributed by atoms with E-state index in [-0.39, 0.29) is 38.6 Å². The van der Waals surface area contributed by atoms with Gasteiger partial charge in [0.25, 0.3) is 0 Å². The predicted molar refractivity (Wildman–Crippen MR) is 379 cm³/mol. The van der Waals surface area contributed by atoms with E-state index in [1.54, 1.807) is 0 Å². The molecule has 9 heteroatoms. The lowest BCUT2D eigenvalue weighted by Crippen LogP contribution is -2.44. The SMILES string of the molecule is CC/C=C\C/C=C\C/C=C\C/C=C\C/C=C\C/C=C\C/C=C\CCCCCCCCCCCCCC(=O)OC(COC(=O)CCCCCCCCCCCCCC/C=C\C/C=C\C/C=C\C/C=C\C/C=C\C/C=C\CC)COC(OCC[N+](C)(C)C)C(=O)[O-]. The van der Waals surface area contributed by atoms with Crippen LogP contribution < -0.4 is 5.11 Å². The number of ether oxygens (including phenoxy) is 4. The first kappa shape index (κ1) is 83.9. The summed E-state index contributed by atoms with van der Waals surface area (Å²) in [6.07, 6.45) is 98.9. The van der Waals surface area contributed by atoms with Crippen LogP contribution in [0, 0.1) is 0 Å². The molecule has 0 saturated carbocycles. The fourth-order valence-electron chi connectivity index (χ4n) is 9.40. The summed E-state index contributed by atoms with van der Waals surface area (Å²) >= 11 is 0. The van der Waals surface area contributed by atoms with Gasteiger partial charge >= 0.3 is 11.9 Å². The highest BCUT2D eigenvalue weighted by Crippen LogP contribution is 2.16. The lowest BCUT2D eigenvalue weighted by atomic mass is 10.0. The number of likely N-dealkylation sites (N-methyl/N-ethyl adjacent to an activating group) is 1. The third-order valence-electron chi connectivity index (χ3n) is 14.8. The van der Waals surface area contributed by atoms with Gasteiger partial charge in [-0.2, -0.15) is 0 Å². The molecule has 0 aromatic carbocycles. The van der Waals surface area contributed by atoms with Crippen LogP contribution in [0.25, 0.3) is 0 Å². The highest BCUT2D eigenvalue weighted by Gasteiger charge is 2.22. The predicted octanol–water partition coefficient (Wildman–Crippen LogP) is 21.1. The zero-order valence-corrected chi connectivity index (χ0v) is 57.5. The molecule has 0 aromatic heterocycles. The second-order valence-corrected chi connectivity index (χ2v) is 24.4. The Labute approximate surface area is 546 Å². The number of aliphatic carboxylic acids is 1. The summed E-state index contributed by atoms with van der Waals surface area (Å²) in [4.78, 5) is 37.5. The summed E-state index contributed by atoms with van der Waals surface area (Å²) in [6.45, 7) is 4.51. The van der Waals surface area contributed by atoms with Crippen molar-refractivity contribution in [2.75, 3.05) is 47.5 Å². The zero-order chi connectivity index (χ0) is 64.7. The van der Waals surface area contributed by atoms with E-state index in [0.29, 0.717) is 17.4 Å². The van der Waals surface area contributed by atoms with Gasteiger partial charge in [-0.15, -0.1) is 0 Å². The van der Waals surface area contributed by atoms with Gasteiger partial charge in [-0.1, -0.05) is 294 Å². The maximum atomic E-state index is 12.9. The fourth-order valence-corrected chi connectivity index (χ4v) is 9.40. The topological polar surface area (TPSA) is 111 Å². The Morgan fingerprint density at radius 1 is 0.337 bits per heavy atom. The minimum atomic E-state index is -1.63. The highest BCUT2D eigenvalue weighted by atomic mass is 16.7. The van der Waals surface area contributed by atoms with E-state index in [0.717, 1.165) is 128 Å². The van der Waals surface area contributed by atoms with Crippen molar-refractivity contribution >= 4 is 17.9 Å². The Bertz CT molecular complexity index is 2020. The lowest BCUT2D eigenvalue weighted by molar-refractivity contribution is -0.870. The van der Waals surface area contributed by atoms with Crippen molar-refractivity contribution in [3.8, 4) is 0 Å². The Morgan fingerprint density at radius 3 is 0.899 bits per heavy atom. The van der Waals surface area contributed by atoms with Crippen molar-refractivity contribution < 1.29 is 42.9 Å². The van der Waals surface area contributed by atoms with Crippen molar-refractivity contribution in [1.29, 1.82) is 0 Å². The third kappa shape index (κ3) is 70.2. The van der Waals surface area contributed by atoms with Gasteiger partial charge in [-0.25, -0.2) is 0 Å². The third-order valence-corrected chi connectivity index (χ3v) is 14.8. The van der Waals surface area contributed by atoms with E-state index < -0.39 is 24.3 Å². The molecule has 0 aliphatic rings. The quantitative estimate of drug-likeness (QED) is 0.0195. The molecular formula is C80H131NO8. The second-order valence-electron chi connectivity index (χ2n) is 24.4. The summed E-state index contributed by atoms with van der Waals surface area (Å²) in [6, 6.07) is 0. The molecule has 0 saturated heterocycles. The highest BCUT2D eigenvalue weighted by molar-refractivity contribution is 5.70. The summed E-state index contributed by atoms with van der Waals surface area (Å²) in [5.74, 6) is -2.30. The summed E-state index contributed by atoms with van der Waals surface area (Å²) in [5.41, 5.74) is 0. The van der Waals surface area contributed by atoms with Crippen LogP contribution in [0.3, 0.4) is 0 Å². The molecule has 504 valence electrons. The Kier molecular flexibility index (Phi) is 64.9. The molecule has 9 nitrogen and oxygen atoms in total. The molecule has 89 heavy (non-hydrogen) atoms. The lowest BCUT2D eigenvalue weighted by Gasteiger charge is -2.26. The van der Waals surface area contributed by atoms with Crippen molar-refractivity contribution in [3.63, 3.8) is 0 Å². The van der Waals surface area contributed by atoms with E-state index in [1.807, 2.05) is 21.1 Å². The van der Waals surface area contributed by atoms with E-state index in [2.05, 4.69) is 172 Å².